The Kier molecular flexibility index (Phi) is 5.17. The minimum Gasteiger partial charge on any atom is -0.497 e. The molecular formula is C23H19BrNO3+. The molecule has 0 fully saturated rings. The van der Waals surface area contributed by atoms with E-state index in [2.05, 4.69) is 20.9 Å². The van der Waals surface area contributed by atoms with E-state index >= 15 is 0 Å². The second-order valence-corrected chi connectivity index (χ2v) is 7.16. The molecule has 0 aliphatic heterocycles. The van der Waals surface area contributed by atoms with Crippen molar-refractivity contribution in [2.75, 3.05) is 14.2 Å². The van der Waals surface area contributed by atoms with Crippen molar-refractivity contribution < 1.29 is 18.9 Å². The highest BCUT2D eigenvalue weighted by molar-refractivity contribution is 9.10. The zero-order chi connectivity index (χ0) is 19.5. The van der Waals surface area contributed by atoms with Crippen molar-refractivity contribution >= 4 is 32.6 Å². The fourth-order valence-corrected chi connectivity index (χ4v) is 3.35. The molecule has 0 unspecified atom stereocenters. The molecule has 1 N–H and O–H groups in total. The fraction of sp³-hybridized carbons (Fsp3) is 0.0870. The molecule has 4 nitrogen and oxygen atoms in total. The lowest BCUT2D eigenvalue weighted by molar-refractivity contribution is -0.400. The lowest BCUT2D eigenvalue weighted by Crippen LogP contribution is -2.70. The Morgan fingerprint density at radius 3 is 2.07 bits per heavy atom. The summed E-state index contributed by atoms with van der Waals surface area (Å²) in [4.78, 5) is 3.50. The van der Waals surface area contributed by atoms with Gasteiger partial charge < -0.3 is 13.9 Å². The number of rotatable bonds is 4. The van der Waals surface area contributed by atoms with Gasteiger partial charge in [-0.3, -0.25) is 0 Å². The molecule has 0 bridgehead atoms. The second kappa shape index (κ2) is 7.90. The van der Waals surface area contributed by atoms with Gasteiger partial charge in [0.1, 0.15) is 22.8 Å². The van der Waals surface area contributed by atoms with Crippen LogP contribution in [-0.4, -0.2) is 14.2 Å². The number of halogens is 1. The van der Waals surface area contributed by atoms with Crippen molar-refractivity contribution in [3.8, 4) is 22.8 Å². The van der Waals surface area contributed by atoms with E-state index in [1.54, 1.807) is 14.2 Å². The van der Waals surface area contributed by atoms with E-state index in [0.717, 1.165) is 49.3 Å². The summed E-state index contributed by atoms with van der Waals surface area (Å²) in [5.74, 6) is 2.40. The molecule has 140 valence electrons. The Hall–Kier alpha value is -3.05. The molecule has 28 heavy (non-hydrogen) atoms. The van der Waals surface area contributed by atoms with Gasteiger partial charge in [-0.05, 0) is 54.6 Å². The highest BCUT2D eigenvalue weighted by atomic mass is 79.9. The average Bonchev–Trinajstić information content (AvgIpc) is 2.74. The monoisotopic (exact) mass is 436 g/mol. The number of nitrogens with one attached hydrogen (secondary N) is 1. The molecule has 0 spiro atoms. The Morgan fingerprint density at radius 1 is 0.786 bits per heavy atom. The van der Waals surface area contributed by atoms with Crippen LogP contribution in [0.5, 0.6) is 11.5 Å². The van der Waals surface area contributed by atoms with E-state index in [9.17, 15) is 0 Å². The molecular weight excluding hydrogens is 418 g/mol. The van der Waals surface area contributed by atoms with Crippen LogP contribution >= 0.6 is 15.9 Å². The molecule has 0 aliphatic rings. The Labute approximate surface area is 171 Å². The summed E-state index contributed by atoms with van der Waals surface area (Å²) in [6.45, 7) is 0. The number of hydrogen-bond acceptors (Lipinski definition) is 3. The third-order valence-corrected chi connectivity index (χ3v) is 4.96. The summed E-state index contributed by atoms with van der Waals surface area (Å²) in [6, 6.07) is 23.6. The summed E-state index contributed by atoms with van der Waals surface area (Å²) in [7, 11) is 3.32. The maximum Gasteiger partial charge on any atom is 0.218 e. The zero-order valence-electron chi connectivity index (χ0n) is 15.5. The maximum absolute atomic E-state index is 6.17. The van der Waals surface area contributed by atoms with Gasteiger partial charge in [0.25, 0.3) is 0 Å². The SMILES string of the molecule is COc1ccc([NH+]=c2cc(-c3ccc(OC)cc3)oc3ccc(Br)cc23)cc1. The average molecular weight is 437 g/mol. The number of fused-ring (bicyclic) bond motifs is 1. The molecule has 4 aromatic rings. The summed E-state index contributed by atoms with van der Waals surface area (Å²) < 4.78 is 17.7. The van der Waals surface area contributed by atoms with Crippen LogP contribution in [0.3, 0.4) is 0 Å². The number of ether oxygens (including phenoxy) is 2. The van der Waals surface area contributed by atoms with Gasteiger partial charge in [0.15, 0.2) is 0 Å². The zero-order valence-corrected chi connectivity index (χ0v) is 17.1. The molecule has 1 aromatic heterocycles. The van der Waals surface area contributed by atoms with Crippen LogP contribution in [0.4, 0.5) is 5.69 Å². The highest BCUT2D eigenvalue weighted by Gasteiger charge is 2.10. The Morgan fingerprint density at radius 2 is 1.43 bits per heavy atom. The van der Waals surface area contributed by atoms with Crippen molar-refractivity contribution in [1.29, 1.82) is 0 Å². The quantitative estimate of drug-likeness (QED) is 0.521. The fourth-order valence-electron chi connectivity index (χ4n) is 2.99. The van der Waals surface area contributed by atoms with E-state index in [-0.39, 0.29) is 0 Å². The first-order valence-corrected chi connectivity index (χ1v) is 9.57. The first-order chi connectivity index (χ1) is 13.7. The highest BCUT2D eigenvalue weighted by Crippen LogP contribution is 2.25. The van der Waals surface area contributed by atoms with Crippen LogP contribution in [0.1, 0.15) is 0 Å². The molecule has 0 radical (unpaired) electrons. The molecule has 0 amide bonds. The van der Waals surface area contributed by atoms with Crippen molar-refractivity contribution in [3.05, 3.63) is 82.6 Å². The van der Waals surface area contributed by atoms with Crippen LogP contribution in [0.2, 0.25) is 0 Å². The maximum atomic E-state index is 6.17. The van der Waals surface area contributed by atoms with E-state index < -0.39 is 0 Å². The van der Waals surface area contributed by atoms with Crippen molar-refractivity contribution in [2.45, 2.75) is 0 Å². The third-order valence-electron chi connectivity index (χ3n) is 4.47. The van der Waals surface area contributed by atoms with Crippen LogP contribution in [0, 0.1) is 0 Å². The van der Waals surface area contributed by atoms with Crippen LogP contribution in [0.25, 0.3) is 22.3 Å². The van der Waals surface area contributed by atoms with Gasteiger partial charge in [0, 0.05) is 22.2 Å². The molecule has 0 aliphatic carbocycles. The van der Waals surface area contributed by atoms with Crippen LogP contribution in [0.15, 0.2) is 81.7 Å². The van der Waals surface area contributed by atoms with Gasteiger partial charge in [-0.15, -0.1) is 0 Å². The number of methoxy groups -OCH3 is 2. The third kappa shape index (κ3) is 3.80. The number of benzene rings is 3. The molecule has 4 rings (SSSR count). The van der Waals surface area contributed by atoms with E-state index in [0.29, 0.717) is 0 Å². The van der Waals surface area contributed by atoms with Gasteiger partial charge >= 0.3 is 0 Å². The first kappa shape index (κ1) is 18.3. The Balaban J connectivity index is 1.91. The van der Waals surface area contributed by atoms with E-state index in [1.165, 1.54) is 0 Å². The largest absolute Gasteiger partial charge is 0.497 e. The molecule has 3 aromatic carbocycles. The first-order valence-electron chi connectivity index (χ1n) is 8.78. The van der Waals surface area contributed by atoms with Gasteiger partial charge in [-0.2, -0.15) is 0 Å². The summed E-state index contributed by atoms with van der Waals surface area (Å²) >= 11 is 3.55. The molecule has 0 saturated heterocycles. The van der Waals surface area contributed by atoms with E-state index in [4.69, 9.17) is 13.9 Å². The molecule has 0 atom stereocenters. The minimum absolute atomic E-state index is 0.772. The Bertz CT molecular complexity index is 1180. The summed E-state index contributed by atoms with van der Waals surface area (Å²) in [5.41, 5.74) is 2.74. The predicted octanol–water partition coefficient (Wildman–Crippen LogP) is 4.19. The molecule has 5 heteroatoms. The van der Waals surface area contributed by atoms with Crippen molar-refractivity contribution in [1.82, 2.24) is 0 Å². The van der Waals surface area contributed by atoms with Gasteiger partial charge in [-0.1, -0.05) is 15.9 Å². The summed E-state index contributed by atoms with van der Waals surface area (Å²) in [6.07, 6.45) is 0. The molecule has 0 saturated carbocycles. The van der Waals surface area contributed by atoms with E-state index in [1.807, 2.05) is 72.8 Å². The lowest BCUT2D eigenvalue weighted by Gasteiger charge is -2.05. The van der Waals surface area contributed by atoms with Gasteiger partial charge in [0.05, 0.1) is 25.7 Å². The minimum atomic E-state index is 0.772. The lowest BCUT2D eigenvalue weighted by atomic mass is 10.1. The summed E-state index contributed by atoms with van der Waals surface area (Å²) in [5, 5.41) is 1.95. The molecule has 1 heterocycles. The smallest absolute Gasteiger partial charge is 0.218 e. The standard InChI is InChI=1S/C23H18BrNO3/c1-26-18-8-3-15(4-9-18)23-14-21(20-13-16(24)5-12-22(20)28-23)25-17-6-10-19(27-2)11-7-17/h3-14H,1-2H3/p+1. The van der Waals surface area contributed by atoms with Crippen LogP contribution in [-0.2, 0) is 0 Å². The van der Waals surface area contributed by atoms with Crippen molar-refractivity contribution in [3.63, 3.8) is 0 Å². The van der Waals surface area contributed by atoms with Crippen molar-refractivity contribution in [2.24, 2.45) is 0 Å². The second-order valence-electron chi connectivity index (χ2n) is 6.25. The van der Waals surface area contributed by atoms with Crippen LogP contribution < -0.4 is 19.8 Å². The number of hydrogen-bond donors (Lipinski definition) is 1. The topological polar surface area (TPSA) is 45.6 Å². The normalized spacial score (nSPS) is 11.6. The predicted molar refractivity (Wildman–Crippen MR) is 113 cm³/mol. The van der Waals surface area contributed by atoms with Gasteiger partial charge in [-0.25, -0.2) is 4.99 Å². The van der Waals surface area contributed by atoms with Gasteiger partial charge in [0.2, 0.25) is 11.0 Å².